The summed E-state index contributed by atoms with van der Waals surface area (Å²) in [6.45, 7) is 0.593. The minimum absolute atomic E-state index is 0.117. The van der Waals surface area contributed by atoms with Crippen LogP contribution in [0.4, 0.5) is 5.69 Å². The molecule has 4 aliphatic rings. The fourth-order valence-corrected chi connectivity index (χ4v) is 9.71. The number of carbonyl (C=O) groups excluding carboxylic acids is 3. The maximum Gasteiger partial charge on any atom is 0.324 e. The van der Waals surface area contributed by atoms with E-state index in [4.69, 9.17) is 18.9 Å². The lowest BCUT2D eigenvalue weighted by atomic mass is 9.65. The fraction of sp³-hybridized carbons (Fsp3) is 0.283. The third-order valence-electron chi connectivity index (χ3n) is 12.1. The van der Waals surface area contributed by atoms with E-state index >= 15 is 14.4 Å². The second kappa shape index (κ2) is 14.7. The summed E-state index contributed by atoms with van der Waals surface area (Å²) in [5.74, 6) is -0.724. The SMILES string of the molecule is COc1cc2c(cc1OC)CN(C(=O)[C@H]1[C@@H]3C(=O)O[C@@H](c4ccccc4)[C@@H](c4ccccc4)N3[C@@H](c3ccc(OCCO)cc3)[C@]13C(=O)Nc1ccccc13)CC2. The average Bonchev–Trinajstić information content (AvgIpc) is 3.74. The topological polar surface area (TPSA) is 127 Å². The highest BCUT2D eigenvalue weighted by Gasteiger charge is 2.74. The van der Waals surface area contributed by atoms with Gasteiger partial charge in [0, 0.05) is 18.8 Å². The van der Waals surface area contributed by atoms with Crippen LogP contribution >= 0.6 is 0 Å². The number of rotatable bonds is 9. The molecule has 2 amide bonds. The lowest BCUT2D eigenvalue weighted by Crippen LogP contribution is -2.56. The predicted octanol–water partition coefficient (Wildman–Crippen LogP) is 5.93. The number of esters is 1. The van der Waals surface area contributed by atoms with Crippen LogP contribution in [-0.4, -0.2) is 72.7 Å². The van der Waals surface area contributed by atoms with Crippen molar-refractivity contribution in [3.63, 3.8) is 0 Å². The van der Waals surface area contributed by atoms with E-state index in [0.717, 1.165) is 27.8 Å². The minimum Gasteiger partial charge on any atom is -0.493 e. The summed E-state index contributed by atoms with van der Waals surface area (Å²) < 4.78 is 23.5. The summed E-state index contributed by atoms with van der Waals surface area (Å²) in [5.41, 5.74) is 4.01. The molecule has 6 atom stereocenters. The molecule has 11 nitrogen and oxygen atoms in total. The molecule has 5 aromatic carbocycles. The van der Waals surface area contributed by atoms with Gasteiger partial charge in [-0.25, -0.2) is 0 Å². The first-order chi connectivity index (χ1) is 27.9. The Labute approximate surface area is 330 Å². The number of fused-ring (bicyclic) bond motifs is 4. The van der Waals surface area contributed by atoms with Crippen LogP contribution in [0, 0.1) is 5.92 Å². The van der Waals surface area contributed by atoms with E-state index in [9.17, 15) is 5.11 Å². The van der Waals surface area contributed by atoms with Crippen molar-refractivity contribution < 1.29 is 38.4 Å². The van der Waals surface area contributed by atoms with Crippen LogP contribution in [0.5, 0.6) is 17.2 Å². The summed E-state index contributed by atoms with van der Waals surface area (Å²) in [5, 5.41) is 12.6. The first kappa shape index (κ1) is 36.5. The Morgan fingerprint density at radius 1 is 0.807 bits per heavy atom. The predicted molar refractivity (Wildman–Crippen MR) is 211 cm³/mol. The zero-order valence-electron chi connectivity index (χ0n) is 31.7. The number of anilines is 1. The number of methoxy groups -OCH3 is 2. The monoisotopic (exact) mass is 765 g/mol. The summed E-state index contributed by atoms with van der Waals surface area (Å²) in [4.78, 5) is 50.0. The van der Waals surface area contributed by atoms with Gasteiger partial charge in [-0.1, -0.05) is 91.0 Å². The third-order valence-corrected chi connectivity index (χ3v) is 12.1. The van der Waals surface area contributed by atoms with Crippen molar-refractivity contribution >= 4 is 23.5 Å². The van der Waals surface area contributed by atoms with Crippen LogP contribution < -0.4 is 19.5 Å². The number of aliphatic hydroxyl groups excluding tert-OH is 1. The molecule has 4 heterocycles. The van der Waals surface area contributed by atoms with E-state index in [2.05, 4.69) is 10.2 Å². The van der Waals surface area contributed by atoms with Crippen molar-refractivity contribution in [1.29, 1.82) is 0 Å². The number of morpholine rings is 1. The summed E-state index contributed by atoms with van der Waals surface area (Å²) >= 11 is 0. The standard InChI is InChI=1S/C46H43N3O8/c1-54-36-25-31-21-22-48(27-32(31)26-37(36)55-2)43(51)38-40-44(52)57-41(29-13-7-4-8-14-29)39(28-11-5-3-6-12-28)49(40)42(30-17-19-33(20-18-30)56-24-23-50)46(38)34-15-9-10-16-35(34)47-45(46)53/h3-20,25-26,38-42,50H,21-24,27H2,1-2H3,(H,47,53)/t38-,39-,40-,41+,42+,46-/m1/s1. The molecule has 5 aromatic rings. The molecule has 11 heteroatoms. The zero-order chi connectivity index (χ0) is 39.3. The molecule has 0 radical (unpaired) electrons. The highest BCUT2D eigenvalue weighted by molar-refractivity contribution is 6.12. The number of ether oxygens (including phenoxy) is 4. The number of aliphatic hydroxyl groups is 1. The van der Waals surface area contributed by atoms with Gasteiger partial charge in [0.15, 0.2) is 11.5 Å². The van der Waals surface area contributed by atoms with Gasteiger partial charge in [-0.05, 0) is 70.1 Å². The van der Waals surface area contributed by atoms with Gasteiger partial charge in [-0.2, -0.15) is 0 Å². The number of hydrogen-bond donors (Lipinski definition) is 2. The maximum absolute atomic E-state index is 15.8. The van der Waals surface area contributed by atoms with Crippen molar-refractivity contribution in [3.8, 4) is 17.2 Å². The van der Waals surface area contributed by atoms with Gasteiger partial charge < -0.3 is 34.3 Å². The van der Waals surface area contributed by atoms with Gasteiger partial charge >= 0.3 is 5.97 Å². The van der Waals surface area contributed by atoms with Gasteiger partial charge in [0.1, 0.15) is 29.9 Å². The number of cyclic esters (lactones) is 1. The maximum atomic E-state index is 15.8. The molecule has 0 aromatic heterocycles. The Kier molecular flexibility index (Phi) is 9.42. The minimum atomic E-state index is -1.57. The first-order valence-electron chi connectivity index (χ1n) is 19.2. The van der Waals surface area contributed by atoms with E-state index in [1.54, 1.807) is 31.3 Å². The number of nitrogens with zero attached hydrogens (tertiary/aromatic N) is 2. The number of hydrogen-bond acceptors (Lipinski definition) is 9. The van der Waals surface area contributed by atoms with Crippen molar-refractivity contribution in [2.24, 2.45) is 5.92 Å². The lowest BCUT2D eigenvalue weighted by molar-refractivity contribution is -0.179. The lowest BCUT2D eigenvalue weighted by Gasteiger charge is -2.46. The molecule has 57 heavy (non-hydrogen) atoms. The fourth-order valence-electron chi connectivity index (χ4n) is 9.71. The summed E-state index contributed by atoms with van der Waals surface area (Å²) in [7, 11) is 3.17. The largest absolute Gasteiger partial charge is 0.493 e. The first-order valence-corrected chi connectivity index (χ1v) is 19.2. The number of amides is 2. The normalized spacial score (nSPS) is 24.9. The Bertz CT molecular complexity index is 2320. The molecular formula is C46H43N3O8. The van der Waals surface area contributed by atoms with Gasteiger partial charge in [0.25, 0.3) is 0 Å². The number of carbonyl (C=O) groups is 3. The molecule has 0 bridgehead atoms. The van der Waals surface area contributed by atoms with Crippen molar-refractivity contribution in [1.82, 2.24) is 9.80 Å². The van der Waals surface area contributed by atoms with Crippen molar-refractivity contribution in [2.75, 3.05) is 39.3 Å². The second-order valence-corrected chi connectivity index (χ2v) is 14.9. The van der Waals surface area contributed by atoms with Crippen LogP contribution in [0.25, 0.3) is 0 Å². The van der Waals surface area contributed by atoms with Crippen molar-refractivity contribution in [2.45, 2.75) is 42.6 Å². The van der Waals surface area contributed by atoms with Gasteiger partial charge in [0.2, 0.25) is 11.8 Å². The number of benzene rings is 5. The number of para-hydroxylation sites is 1. The van der Waals surface area contributed by atoms with Gasteiger partial charge in [-0.3, -0.25) is 19.3 Å². The Morgan fingerprint density at radius 2 is 1.46 bits per heavy atom. The van der Waals surface area contributed by atoms with Crippen LogP contribution in [-0.2, 0) is 37.5 Å². The number of nitrogens with one attached hydrogen (secondary N) is 1. The molecule has 2 saturated heterocycles. The quantitative estimate of drug-likeness (QED) is 0.176. The molecule has 4 aliphatic heterocycles. The van der Waals surface area contributed by atoms with E-state index in [0.29, 0.717) is 41.5 Å². The molecule has 9 rings (SSSR count). The summed E-state index contributed by atoms with van der Waals surface area (Å²) in [6, 6.07) is 35.6. The Balaban J connectivity index is 1.27. The van der Waals surface area contributed by atoms with Crippen molar-refractivity contribution in [3.05, 3.63) is 155 Å². The molecule has 0 saturated carbocycles. The zero-order valence-corrected chi connectivity index (χ0v) is 31.7. The third kappa shape index (κ3) is 5.83. The van der Waals surface area contributed by atoms with E-state index in [1.807, 2.05) is 109 Å². The second-order valence-electron chi connectivity index (χ2n) is 14.9. The Morgan fingerprint density at radius 3 is 2.14 bits per heavy atom. The van der Waals surface area contributed by atoms with Gasteiger partial charge in [-0.15, -0.1) is 0 Å². The van der Waals surface area contributed by atoms with E-state index in [1.165, 1.54) is 0 Å². The molecule has 0 aliphatic carbocycles. The van der Waals surface area contributed by atoms with Crippen LogP contribution in [0.3, 0.4) is 0 Å². The van der Waals surface area contributed by atoms with Gasteiger partial charge in [0.05, 0.1) is 38.8 Å². The highest BCUT2D eigenvalue weighted by atomic mass is 16.6. The van der Waals surface area contributed by atoms with Crippen LogP contribution in [0.2, 0.25) is 0 Å². The molecule has 0 unspecified atom stereocenters. The molecule has 2 fully saturated rings. The smallest absolute Gasteiger partial charge is 0.324 e. The Hall–Kier alpha value is -6.17. The molecule has 290 valence electrons. The van der Waals surface area contributed by atoms with Crippen LogP contribution in [0.15, 0.2) is 121 Å². The highest BCUT2D eigenvalue weighted by Crippen LogP contribution is 2.65. The van der Waals surface area contributed by atoms with E-state index < -0.39 is 41.5 Å². The molecule has 2 N–H and O–H groups in total. The van der Waals surface area contributed by atoms with E-state index in [-0.39, 0.29) is 31.6 Å². The van der Waals surface area contributed by atoms with Crippen LogP contribution in [0.1, 0.15) is 51.6 Å². The molecule has 1 spiro atoms. The summed E-state index contributed by atoms with van der Waals surface area (Å²) in [6.07, 6.45) is -0.216. The average molecular weight is 766 g/mol. The molecular weight excluding hydrogens is 723 g/mol.